The average Bonchev–Trinajstić information content (AvgIpc) is 3.02. The van der Waals surface area contributed by atoms with E-state index in [-0.39, 0.29) is 6.04 Å². The lowest BCUT2D eigenvalue weighted by molar-refractivity contribution is 0.298. The van der Waals surface area contributed by atoms with Gasteiger partial charge in [0.05, 0.1) is 6.61 Å². The van der Waals surface area contributed by atoms with E-state index in [1.54, 1.807) is 0 Å². The summed E-state index contributed by atoms with van der Waals surface area (Å²) in [5, 5.41) is 0. The van der Waals surface area contributed by atoms with E-state index in [1.165, 1.54) is 19.3 Å². The molecule has 15 heavy (non-hydrogen) atoms. The molecule has 2 heteroatoms. The second-order valence-corrected chi connectivity index (χ2v) is 4.41. The average molecular weight is 205 g/mol. The van der Waals surface area contributed by atoms with Crippen molar-refractivity contribution >= 4 is 0 Å². The Morgan fingerprint density at radius 3 is 2.80 bits per heavy atom. The zero-order chi connectivity index (χ0) is 10.7. The van der Waals surface area contributed by atoms with Crippen LogP contribution in [0.15, 0.2) is 24.3 Å². The van der Waals surface area contributed by atoms with Gasteiger partial charge < -0.3 is 10.5 Å². The minimum absolute atomic E-state index is 0.0436. The van der Waals surface area contributed by atoms with Crippen molar-refractivity contribution in [1.82, 2.24) is 0 Å². The molecule has 82 valence electrons. The van der Waals surface area contributed by atoms with Gasteiger partial charge in [-0.1, -0.05) is 31.0 Å². The van der Waals surface area contributed by atoms with Crippen molar-refractivity contribution in [1.29, 1.82) is 0 Å². The Labute approximate surface area is 91.4 Å². The lowest BCUT2D eigenvalue weighted by Crippen LogP contribution is -2.08. The van der Waals surface area contributed by atoms with Crippen molar-refractivity contribution in [2.75, 3.05) is 6.61 Å². The van der Waals surface area contributed by atoms with Crippen molar-refractivity contribution in [2.45, 2.75) is 32.2 Å². The Bertz CT molecular complexity index is 318. The molecule has 0 spiro atoms. The molecule has 0 aromatic heterocycles. The van der Waals surface area contributed by atoms with Crippen LogP contribution in [0.3, 0.4) is 0 Å². The minimum atomic E-state index is 0.0436. The highest BCUT2D eigenvalue weighted by molar-refractivity contribution is 5.35. The predicted octanol–water partition coefficient (Wildman–Crippen LogP) is 2.89. The molecule has 1 aromatic rings. The summed E-state index contributed by atoms with van der Waals surface area (Å²) in [7, 11) is 0. The third kappa shape index (κ3) is 2.96. The molecule has 2 N–H and O–H groups in total. The van der Waals surface area contributed by atoms with E-state index >= 15 is 0 Å². The van der Waals surface area contributed by atoms with Crippen LogP contribution < -0.4 is 10.5 Å². The SMILES string of the molecule is C[C@@H](N)c1ccccc1OCCC1CC1. The van der Waals surface area contributed by atoms with Gasteiger partial charge in [-0.3, -0.25) is 0 Å². The van der Waals surface area contributed by atoms with Gasteiger partial charge in [-0.2, -0.15) is 0 Å². The van der Waals surface area contributed by atoms with Crippen LogP contribution in [0, 0.1) is 5.92 Å². The van der Waals surface area contributed by atoms with Gasteiger partial charge in [0, 0.05) is 11.6 Å². The van der Waals surface area contributed by atoms with Gasteiger partial charge in [0.2, 0.25) is 0 Å². The molecule has 2 nitrogen and oxygen atoms in total. The van der Waals surface area contributed by atoms with E-state index < -0.39 is 0 Å². The molecule has 0 saturated heterocycles. The fraction of sp³-hybridized carbons (Fsp3) is 0.538. The van der Waals surface area contributed by atoms with Crippen LogP contribution in [-0.2, 0) is 0 Å². The third-order valence-electron chi connectivity index (χ3n) is 2.89. The van der Waals surface area contributed by atoms with Crippen LogP contribution >= 0.6 is 0 Å². The quantitative estimate of drug-likeness (QED) is 0.802. The predicted molar refractivity (Wildman–Crippen MR) is 61.9 cm³/mol. The molecule has 1 aromatic carbocycles. The van der Waals surface area contributed by atoms with Gasteiger partial charge in [-0.25, -0.2) is 0 Å². The molecule has 1 fully saturated rings. The first-order valence-corrected chi connectivity index (χ1v) is 5.74. The molecule has 1 saturated carbocycles. The van der Waals surface area contributed by atoms with Gasteiger partial charge in [0.25, 0.3) is 0 Å². The van der Waals surface area contributed by atoms with Crippen LogP contribution in [0.25, 0.3) is 0 Å². The second kappa shape index (κ2) is 4.67. The fourth-order valence-electron chi connectivity index (χ4n) is 1.73. The van der Waals surface area contributed by atoms with Gasteiger partial charge in [-0.05, 0) is 25.3 Å². The maximum Gasteiger partial charge on any atom is 0.124 e. The molecule has 0 amide bonds. The van der Waals surface area contributed by atoms with E-state index in [0.29, 0.717) is 0 Å². The highest BCUT2D eigenvalue weighted by atomic mass is 16.5. The summed E-state index contributed by atoms with van der Waals surface area (Å²) in [4.78, 5) is 0. The molecular formula is C13H19NO. The normalized spacial score (nSPS) is 17.5. The number of ether oxygens (including phenoxy) is 1. The van der Waals surface area contributed by atoms with Gasteiger partial charge >= 0.3 is 0 Å². The Kier molecular flexibility index (Phi) is 3.27. The number of hydrogen-bond acceptors (Lipinski definition) is 2. The maximum atomic E-state index is 5.88. The third-order valence-corrected chi connectivity index (χ3v) is 2.89. The number of benzene rings is 1. The molecule has 0 radical (unpaired) electrons. The number of rotatable bonds is 5. The smallest absolute Gasteiger partial charge is 0.124 e. The van der Waals surface area contributed by atoms with E-state index in [2.05, 4.69) is 0 Å². The summed E-state index contributed by atoms with van der Waals surface area (Å²) in [5.74, 6) is 1.88. The minimum Gasteiger partial charge on any atom is -0.493 e. The molecule has 1 atom stereocenters. The lowest BCUT2D eigenvalue weighted by atomic mass is 10.1. The molecule has 0 bridgehead atoms. The van der Waals surface area contributed by atoms with Crippen LogP contribution in [0.4, 0.5) is 0 Å². The summed E-state index contributed by atoms with van der Waals surface area (Å²) in [6.45, 7) is 2.82. The molecule has 0 heterocycles. The van der Waals surface area contributed by atoms with Crippen molar-refractivity contribution in [3.05, 3.63) is 29.8 Å². The standard InChI is InChI=1S/C13H19NO/c1-10(14)12-4-2-3-5-13(12)15-9-8-11-6-7-11/h2-5,10-11H,6-9,14H2,1H3/t10-/m1/s1. The van der Waals surface area contributed by atoms with Crippen LogP contribution in [-0.4, -0.2) is 6.61 Å². The molecular weight excluding hydrogens is 186 g/mol. The first-order chi connectivity index (χ1) is 7.27. The topological polar surface area (TPSA) is 35.2 Å². The highest BCUT2D eigenvalue weighted by Gasteiger charge is 2.20. The summed E-state index contributed by atoms with van der Waals surface area (Å²) in [6, 6.07) is 8.09. The first-order valence-electron chi connectivity index (χ1n) is 5.74. The Hall–Kier alpha value is -1.02. The zero-order valence-corrected chi connectivity index (χ0v) is 9.28. The molecule has 1 aliphatic carbocycles. The molecule has 1 aliphatic rings. The largest absolute Gasteiger partial charge is 0.493 e. The van der Waals surface area contributed by atoms with Crippen molar-refractivity contribution in [3.8, 4) is 5.75 Å². The van der Waals surface area contributed by atoms with E-state index in [0.717, 1.165) is 23.8 Å². The summed E-state index contributed by atoms with van der Waals surface area (Å²) in [5.41, 5.74) is 6.98. The number of hydrogen-bond donors (Lipinski definition) is 1. The van der Waals surface area contributed by atoms with E-state index in [1.807, 2.05) is 31.2 Å². The molecule has 0 unspecified atom stereocenters. The van der Waals surface area contributed by atoms with E-state index in [4.69, 9.17) is 10.5 Å². The highest BCUT2D eigenvalue weighted by Crippen LogP contribution is 2.32. The van der Waals surface area contributed by atoms with Gasteiger partial charge in [0.15, 0.2) is 0 Å². The van der Waals surface area contributed by atoms with Crippen LogP contribution in [0.1, 0.15) is 37.8 Å². The van der Waals surface area contributed by atoms with Crippen molar-refractivity contribution < 1.29 is 4.74 Å². The lowest BCUT2D eigenvalue weighted by Gasteiger charge is -2.13. The second-order valence-electron chi connectivity index (χ2n) is 4.41. The Balaban J connectivity index is 1.92. The van der Waals surface area contributed by atoms with Gasteiger partial charge in [-0.15, -0.1) is 0 Å². The Morgan fingerprint density at radius 1 is 1.40 bits per heavy atom. The van der Waals surface area contributed by atoms with Crippen LogP contribution in [0.2, 0.25) is 0 Å². The summed E-state index contributed by atoms with van der Waals surface area (Å²) >= 11 is 0. The molecule has 2 rings (SSSR count). The van der Waals surface area contributed by atoms with Crippen molar-refractivity contribution in [3.63, 3.8) is 0 Å². The summed E-state index contributed by atoms with van der Waals surface area (Å²) < 4.78 is 5.77. The van der Waals surface area contributed by atoms with E-state index in [9.17, 15) is 0 Å². The van der Waals surface area contributed by atoms with Gasteiger partial charge in [0.1, 0.15) is 5.75 Å². The summed E-state index contributed by atoms with van der Waals surface area (Å²) in [6.07, 6.45) is 3.96. The first kappa shape index (κ1) is 10.5. The number of nitrogens with two attached hydrogens (primary N) is 1. The number of para-hydroxylation sites is 1. The van der Waals surface area contributed by atoms with Crippen molar-refractivity contribution in [2.24, 2.45) is 11.7 Å². The van der Waals surface area contributed by atoms with Crippen LogP contribution in [0.5, 0.6) is 5.75 Å². The fourth-order valence-corrected chi connectivity index (χ4v) is 1.73. The zero-order valence-electron chi connectivity index (χ0n) is 9.28. The Morgan fingerprint density at radius 2 is 2.13 bits per heavy atom. The maximum absolute atomic E-state index is 5.88. The monoisotopic (exact) mass is 205 g/mol. The molecule has 0 aliphatic heterocycles.